The van der Waals surface area contributed by atoms with Gasteiger partial charge < -0.3 is 0 Å². The van der Waals surface area contributed by atoms with E-state index in [2.05, 4.69) is 44.2 Å². The summed E-state index contributed by atoms with van der Waals surface area (Å²) in [5.74, 6) is 2.47. The van der Waals surface area contributed by atoms with Crippen LogP contribution in [0.3, 0.4) is 0 Å². The molecule has 1 aliphatic heterocycles. The molecule has 0 aromatic heterocycles. The second-order valence-corrected chi connectivity index (χ2v) is 5.94. The summed E-state index contributed by atoms with van der Waals surface area (Å²) in [6, 6.07) is 0.338. The van der Waals surface area contributed by atoms with E-state index in [4.69, 9.17) is 0 Å². The molecule has 1 atom stereocenters. The van der Waals surface area contributed by atoms with Crippen LogP contribution in [-0.4, -0.2) is 35.0 Å². The molecule has 1 aliphatic rings. The lowest BCUT2D eigenvalue weighted by Gasteiger charge is -1.86. The van der Waals surface area contributed by atoms with Crippen molar-refractivity contribution in [2.24, 2.45) is 10.3 Å². The second kappa shape index (κ2) is 10.5. The largest absolute Gasteiger partial charge is 0.222 e. The zero-order valence-corrected chi connectivity index (χ0v) is 11.8. The summed E-state index contributed by atoms with van der Waals surface area (Å²) in [6.07, 6.45) is 3.11. The summed E-state index contributed by atoms with van der Waals surface area (Å²) >= 11 is 0. The minimum atomic E-state index is 0.338. The monoisotopic (exact) mass is 248 g/mol. The Morgan fingerprint density at radius 3 is 2.00 bits per heavy atom. The van der Waals surface area contributed by atoms with Crippen LogP contribution in [0.15, 0.2) is 10.3 Å². The van der Waals surface area contributed by atoms with Gasteiger partial charge in [-0.15, -0.1) is 4.68 Å². The van der Waals surface area contributed by atoms with E-state index >= 15 is 0 Å². The molecule has 0 radical (unpaired) electrons. The lowest BCUT2D eigenvalue weighted by Crippen LogP contribution is -2.06. The Bertz CT molecular complexity index is 201. The molecule has 3 nitrogen and oxygen atoms in total. The summed E-state index contributed by atoms with van der Waals surface area (Å²) in [5, 5.41) is 7.91. The lowest BCUT2D eigenvalue weighted by molar-refractivity contribution is -0.528. The predicted molar refractivity (Wildman–Crippen MR) is 72.1 cm³/mol. The Labute approximate surface area is 101 Å². The SMILES string of the molecule is CCC1C=[N+](CC)N=N1.CCSSCC. The van der Waals surface area contributed by atoms with Gasteiger partial charge in [-0.2, -0.15) is 0 Å². The van der Waals surface area contributed by atoms with Gasteiger partial charge in [0.05, 0.1) is 0 Å². The third-order valence-corrected chi connectivity index (χ3v) is 4.27. The Morgan fingerprint density at radius 1 is 1.13 bits per heavy atom. The van der Waals surface area contributed by atoms with Gasteiger partial charge in [0, 0.05) is 16.6 Å². The maximum Gasteiger partial charge on any atom is 0.222 e. The second-order valence-electron chi connectivity index (χ2n) is 2.90. The first-order chi connectivity index (χ1) is 7.28. The summed E-state index contributed by atoms with van der Waals surface area (Å²) in [7, 11) is 3.85. The molecule has 0 N–H and O–H groups in total. The molecule has 1 unspecified atom stereocenters. The molecule has 0 aliphatic carbocycles. The Balaban J connectivity index is 0.000000288. The van der Waals surface area contributed by atoms with Crippen molar-refractivity contribution in [3.63, 3.8) is 0 Å². The van der Waals surface area contributed by atoms with E-state index in [9.17, 15) is 0 Å². The van der Waals surface area contributed by atoms with Gasteiger partial charge >= 0.3 is 0 Å². The molecule has 0 spiro atoms. The molecule has 1 heterocycles. The highest BCUT2D eigenvalue weighted by atomic mass is 33.1. The van der Waals surface area contributed by atoms with Crippen LogP contribution < -0.4 is 0 Å². The van der Waals surface area contributed by atoms with Crippen LogP contribution in [0.25, 0.3) is 0 Å². The highest BCUT2D eigenvalue weighted by molar-refractivity contribution is 8.76. The smallest absolute Gasteiger partial charge is 0.138 e. The van der Waals surface area contributed by atoms with Gasteiger partial charge in [0.1, 0.15) is 18.0 Å². The Kier molecular flexibility index (Phi) is 10.5. The van der Waals surface area contributed by atoms with Gasteiger partial charge in [0.2, 0.25) is 6.04 Å². The van der Waals surface area contributed by atoms with Crippen molar-refractivity contribution >= 4 is 27.8 Å². The summed E-state index contributed by atoms with van der Waals surface area (Å²) in [4.78, 5) is 0. The first kappa shape index (κ1) is 15.0. The molecular weight excluding hydrogens is 226 g/mol. The first-order valence-corrected chi connectivity index (χ1v) is 8.03. The van der Waals surface area contributed by atoms with Gasteiger partial charge in [-0.05, 0) is 13.3 Å². The van der Waals surface area contributed by atoms with Crippen molar-refractivity contribution in [1.82, 2.24) is 0 Å². The van der Waals surface area contributed by atoms with Crippen LogP contribution in [0.1, 0.15) is 34.1 Å². The predicted octanol–water partition coefficient (Wildman–Crippen LogP) is 3.66. The van der Waals surface area contributed by atoms with Gasteiger partial charge in [-0.1, -0.05) is 42.4 Å². The van der Waals surface area contributed by atoms with Crippen LogP contribution in [0, 0.1) is 0 Å². The maximum atomic E-state index is 4.00. The average molecular weight is 248 g/mol. The zero-order chi connectivity index (χ0) is 11.5. The fourth-order valence-corrected chi connectivity index (χ4v) is 2.25. The van der Waals surface area contributed by atoms with Gasteiger partial charge in [0.25, 0.3) is 0 Å². The average Bonchev–Trinajstić information content (AvgIpc) is 2.75. The highest BCUT2D eigenvalue weighted by Gasteiger charge is 2.17. The van der Waals surface area contributed by atoms with Gasteiger partial charge in [-0.3, -0.25) is 0 Å². The van der Waals surface area contributed by atoms with Crippen LogP contribution >= 0.6 is 21.6 Å². The van der Waals surface area contributed by atoms with E-state index in [-0.39, 0.29) is 0 Å². The van der Waals surface area contributed by atoms with Gasteiger partial charge in [0.15, 0.2) is 0 Å². The third kappa shape index (κ3) is 7.85. The van der Waals surface area contributed by atoms with Crippen LogP contribution in [-0.2, 0) is 0 Å². The van der Waals surface area contributed by atoms with Crippen molar-refractivity contribution in [2.75, 3.05) is 18.1 Å². The molecule has 0 bridgehead atoms. The van der Waals surface area contributed by atoms with E-state index in [1.54, 1.807) is 0 Å². The molecule has 0 fully saturated rings. The fraction of sp³-hybridized carbons (Fsp3) is 0.900. The van der Waals surface area contributed by atoms with Gasteiger partial charge in [-0.25, -0.2) is 0 Å². The minimum absolute atomic E-state index is 0.338. The van der Waals surface area contributed by atoms with E-state index in [0.29, 0.717) is 6.04 Å². The Hall–Kier alpha value is -0.0300. The number of nitrogens with zero attached hydrogens (tertiary/aromatic N) is 3. The molecule has 0 saturated heterocycles. The Morgan fingerprint density at radius 2 is 1.73 bits per heavy atom. The van der Waals surface area contributed by atoms with E-state index in [0.717, 1.165) is 13.0 Å². The van der Waals surface area contributed by atoms with Crippen molar-refractivity contribution in [3.05, 3.63) is 0 Å². The third-order valence-electron chi connectivity index (χ3n) is 1.72. The van der Waals surface area contributed by atoms with Crippen LogP contribution in [0.2, 0.25) is 0 Å². The number of hydrogen-bond acceptors (Lipinski definition) is 4. The number of rotatable bonds is 5. The fourth-order valence-electron chi connectivity index (χ4n) is 0.913. The molecule has 0 amide bonds. The van der Waals surface area contributed by atoms with E-state index in [1.165, 1.54) is 11.5 Å². The lowest BCUT2D eigenvalue weighted by atomic mass is 10.3. The van der Waals surface area contributed by atoms with E-state index in [1.807, 2.05) is 26.3 Å². The van der Waals surface area contributed by atoms with E-state index < -0.39 is 0 Å². The molecule has 1 rings (SSSR count). The maximum absolute atomic E-state index is 4.00. The summed E-state index contributed by atoms with van der Waals surface area (Å²) < 4.78 is 1.87. The normalized spacial score (nSPS) is 18.4. The van der Waals surface area contributed by atoms with Crippen LogP contribution in [0.4, 0.5) is 0 Å². The molecule has 5 heteroatoms. The standard InChI is InChI=1S/C6H12N3.C4H10S2/c1-3-6-5-9(4-2)8-7-6;1-3-5-6-4-2/h5-6H,3-4H2,1-2H3;3-4H2,1-2H3/q+1;. The quantitative estimate of drug-likeness (QED) is 0.422. The van der Waals surface area contributed by atoms with Crippen molar-refractivity contribution < 1.29 is 4.68 Å². The molecule has 88 valence electrons. The molecule has 15 heavy (non-hydrogen) atoms. The van der Waals surface area contributed by atoms with Crippen molar-refractivity contribution in [1.29, 1.82) is 0 Å². The van der Waals surface area contributed by atoms with Crippen molar-refractivity contribution in [3.8, 4) is 0 Å². The minimum Gasteiger partial charge on any atom is -0.138 e. The molecule has 0 aromatic carbocycles. The molecule has 0 saturated carbocycles. The van der Waals surface area contributed by atoms with Crippen molar-refractivity contribution in [2.45, 2.75) is 40.2 Å². The first-order valence-electron chi connectivity index (χ1n) is 5.55. The number of hydrogen-bond donors (Lipinski definition) is 0. The molecular formula is C10H22N3S2+. The topological polar surface area (TPSA) is 27.7 Å². The molecule has 0 aromatic rings. The highest BCUT2D eigenvalue weighted by Crippen LogP contribution is 2.18. The zero-order valence-electron chi connectivity index (χ0n) is 10.1. The summed E-state index contributed by atoms with van der Waals surface area (Å²) in [6.45, 7) is 9.45. The van der Waals surface area contributed by atoms with Crippen LogP contribution in [0.5, 0.6) is 0 Å². The summed E-state index contributed by atoms with van der Waals surface area (Å²) in [5.41, 5.74) is 0.